The second-order valence-corrected chi connectivity index (χ2v) is 7.33. The molecule has 1 saturated carbocycles. The van der Waals surface area contributed by atoms with Gasteiger partial charge in [-0.05, 0) is 40.5 Å². The lowest BCUT2D eigenvalue weighted by atomic mass is 9.85. The van der Waals surface area contributed by atoms with E-state index in [2.05, 4.69) is 47.7 Å². The third kappa shape index (κ3) is 1.91. The van der Waals surface area contributed by atoms with Gasteiger partial charge in [0, 0.05) is 17.7 Å². The molecule has 1 aliphatic carbocycles. The standard InChI is InChI=1S/C15H20N6S/c1-8(2)20-10(4)12(9(3)18-20)14-19-21-13(11-6-5-7-11)16-17-15(21)22-14/h8,11H,5-7H2,1-4H3. The van der Waals surface area contributed by atoms with E-state index in [0.717, 1.165) is 27.1 Å². The van der Waals surface area contributed by atoms with Crippen LogP contribution in [-0.4, -0.2) is 29.6 Å². The molecule has 0 unspecified atom stereocenters. The number of fused-ring (bicyclic) bond motifs is 1. The highest BCUT2D eigenvalue weighted by Crippen LogP contribution is 2.37. The van der Waals surface area contributed by atoms with Gasteiger partial charge in [0.15, 0.2) is 10.8 Å². The summed E-state index contributed by atoms with van der Waals surface area (Å²) in [6.45, 7) is 8.47. The lowest BCUT2D eigenvalue weighted by Gasteiger charge is -2.22. The molecule has 0 radical (unpaired) electrons. The number of rotatable bonds is 3. The molecule has 116 valence electrons. The molecule has 3 aromatic rings. The van der Waals surface area contributed by atoms with Crippen molar-refractivity contribution in [2.24, 2.45) is 0 Å². The molecule has 7 heteroatoms. The van der Waals surface area contributed by atoms with Crippen molar-refractivity contribution in [1.29, 1.82) is 0 Å². The maximum atomic E-state index is 4.80. The van der Waals surface area contributed by atoms with Crippen LogP contribution in [0.4, 0.5) is 0 Å². The van der Waals surface area contributed by atoms with E-state index in [1.165, 1.54) is 25.0 Å². The fourth-order valence-electron chi connectivity index (χ4n) is 3.13. The van der Waals surface area contributed by atoms with Gasteiger partial charge in [0.1, 0.15) is 0 Å². The summed E-state index contributed by atoms with van der Waals surface area (Å²) in [6.07, 6.45) is 3.70. The molecule has 0 amide bonds. The molecule has 0 bridgehead atoms. The van der Waals surface area contributed by atoms with Gasteiger partial charge in [0.25, 0.3) is 0 Å². The molecule has 0 spiro atoms. The van der Waals surface area contributed by atoms with E-state index in [1.807, 2.05) is 4.52 Å². The Balaban J connectivity index is 1.83. The average molecular weight is 316 g/mol. The molecule has 3 heterocycles. The number of hydrogen-bond acceptors (Lipinski definition) is 5. The van der Waals surface area contributed by atoms with Crippen LogP contribution in [-0.2, 0) is 0 Å². The highest BCUT2D eigenvalue weighted by atomic mass is 32.1. The van der Waals surface area contributed by atoms with E-state index in [0.29, 0.717) is 12.0 Å². The van der Waals surface area contributed by atoms with Gasteiger partial charge in [-0.1, -0.05) is 17.8 Å². The lowest BCUT2D eigenvalue weighted by Crippen LogP contribution is -2.13. The fourth-order valence-corrected chi connectivity index (χ4v) is 4.12. The highest BCUT2D eigenvalue weighted by molar-refractivity contribution is 7.19. The van der Waals surface area contributed by atoms with Gasteiger partial charge >= 0.3 is 0 Å². The Morgan fingerprint density at radius 1 is 1.14 bits per heavy atom. The van der Waals surface area contributed by atoms with Crippen LogP contribution in [0.3, 0.4) is 0 Å². The van der Waals surface area contributed by atoms with Gasteiger partial charge in [-0.2, -0.15) is 14.7 Å². The van der Waals surface area contributed by atoms with Gasteiger partial charge in [-0.15, -0.1) is 10.2 Å². The Labute approximate surface area is 133 Å². The summed E-state index contributed by atoms with van der Waals surface area (Å²) in [5.74, 6) is 1.56. The van der Waals surface area contributed by atoms with E-state index in [9.17, 15) is 0 Å². The summed E-state index contributed by atoms with van der Waals surface area (Å²) in [6, 6.07) is 0.351. The molecular formula is C15H20N6S. The summed E-state index contributed by atoms with van der Waals surface area (Å²) in [7, 11) is 0. The molecule has 3 aromatic heterocycles. The Morgan fingerprint density at radius 3 is 2.50 bits per heavy atom. The number of hydrogen-bond donors (Lipinski definition) is 0. The number of aromatic nitrogens is 6. The second-order valence-electron chi connectivity index (χ2n) is 6.37. The Morgan fingerprint density at radius 2 is 1.91 bits per heavy atom. The summed E-state index contributed by atoms with van der Waals surface area (Å²) >= 11 is 1.60. The Bertz CT molecular complexity index is 836. The molecule has 1 fully saturated rings. The van der Waals surface area contributed by atoms with Crippen molar-refractivity contribution in [2.45, 2.75) is 58.9 Å². The molecule has 1 aliphatic rings. The molecule has 0 saturated heterocycles. The van der Waals surface area contributed by atoms with Crippen molar-refractivity contribution in [3.8, 4) is 10.6 Å². The molecule has 0 atom stereocenters. The lowest BCUT2D eigenvalue weighted by molar-refractivity contribution is 0.395. The molecule has 0 aromatic carbocycles. The van der Waals surface area contributed by atoms with Crippen LogP contribution in [0, 0.1) is 13.8 Å². The van der Waals surface area contributed by atoms with Crippen LogP contribution in [0.1, 0.15) is 62.3 Å². The summed E-state index contributed by atoms with van der Waals surface area (Å²) in [5.41, 5.74) is 3.34. The van der Waals surface area contributed by atoms with Gasteiger partial charge in [0.05, 0.1) is 11.3 Å². The molecule has 6 nitrogen and oxygen atoms in total. The first-order chi connectivity index (χ1) is 10.6. The predicted molar refractivity (Wildman–Crippen MR) is 86.3 cm³/mol. The van der Waals surface area contributed by atoms with Crippen molar-refractivity contribution in [3.63, 3.8) is 0 Å². The van der Waals surface area contributed by atoms with Crippen LogP contribution in [0.15, 0.2) is 0 Å². The van der Waals surface area contributed by atoms with Crippen LogP contribution in [0.2, 0.25) is 0 Å². The first-order valence-corrected chi connectivity index (χ1v) is 8.66. The third-order valence-electron chi connectivity index (χ3n) is 4.51. The maximum absolute atomic E-state index is 4.80. The fraction of sp³-hybridized carbons (Fsp3) is 0.600. The first-order valence-electron chi connectivity index (χ1n) is 7.84. The first kappa shape index (κ1) is 13.9. The zero-order chi connectivity index (χ0) is 15.4. The van der Waals surface area contributed by atoms with E-state index in [4.69, 9.17) is 5.10 Å². The third-order valence-corrected chi connectivity index (χ3v) is 5.43. The molecule has 22 heavy (non-hydrogen) atoms. The van der Waals surface area contributed by atoms with Gasteiger partial charge in [0.2, 0.25) is 4.96 Å². The molecule has 0 aliphatic heterocycles. The van der Waals surface area contributed by atoms with E-state index in [1.54, 1.807) is 11.3 Å². The van der Waals surface area contributed by atoms with Gasteiger partial charge in [-0.25, -0.2) is 0 Å². The normalized spacial score (nSPS) is 15.9. The van der Waals surface area contributed by atoms with E-state index in [-0.39, 0.29) is 0 Å². The molecular weight excluding hydrogens is 296 g/mol. The number of nitrogens with zero attached hydrogens (tertiary/aromatic N) is 6. The van der Waals surface area contributed by atoms with Crippen LogP contribution in [0.25, 0.3) is 15.5 Å². The zero-order valence-corrected chi connectivity index (χ0v) is 14.2. The van der Waals surface area contributed by atoms with Crippen molar-refractivity contribution in [3.05, 3.63) is 17.2 Å². The largest absolute Gasteiger partial charge is 0.266 e. The summed E-state index contributed by atoms with van der Waals surface area (Å²) in [5, 5.41) is 19.1. The SMILES string of the molecule is Cc1nn(C(C)C)c(C)c1-c1nn2c(C3CCC3)nnc2s1. The number of aryl methyl sites for hydroxylation is 1. The molecule has 0 N–H and O–H groups in total. The Kier molecular flexibility index (Phi) is 3.07. The minimum Gasteiger partial charge on any atom is -0.266 e. The minimum atomic E-state index is 0.351. The zero-order valence-electron chi connectivity index (χ0n) is 13.4. The van der Waals surface area contributed by atoms with Crippen LogP contribution >= 0.6 is 11.3 Å². The molecule has 4 rings (SSSR count). The highest BCUT2D eigenvalue weighted by Gasteiger charge is 2.27. The van der Waals surface area contributed by atoms with E-state index < -0.39 is 0 Å². The smallest absolute Gasteiger partial charge is 0.234 e. The van der Waals surface area contributed by atoms with Crippen molar-refractivity contribution in [1.82, 2.24) is 29.6 Å². The minimum absolute atomic E-state index is 0.351. The monoisotopic (exact) mass is 316 g/mol. The van der Waals surface area contributed by atoms with Crippen molar-refractivity contribution >= 4 is 16.3 Å². The summed E-state index contributed by atoms with van der Waals surface area (Å²) < 4.78 is 4.01. The van der Waals surface area contributed by atoms with Gasteiger partial charge in [-0.3, -0.25) is 4.68 Å². The maximum Gasteiger partial charge on any atom is 0.234 e. The second kappa shape index (κ2) is 4.87. The van der Waals surface area contributed by atoms with Crippen LogP contribution in [0.5, 0.6) is 0 Å². The van der Waals surface area contributed by atoms with Crippen LogP contribution < -0.4 is 0 Å². The average Bonchev–Trinajstić information content (AvgIpc) is 3.02. The predicted octanol–water partition coefficient (Wildman–Crippen LogP) is 3.51. The topological polar surface area (TPSA) is 60.9 Å². The Hall–Kier alpha value is -1.76. The summed E-state index contributed by atoms with van der Waals surface area (Å²) in [4.78, 5) is 0.882. The van der Waals surface area contributed by atoms with E-state index >= 15 is 0 Å². The van der Waals surface area contributed by atoms with Crippen molar-refractivity contribution in [2.75, 3.05) is 0 Å². The van der Waals surface area contributed by atoms with Gasteiger partial charge < -0.3 is 0 Å². The van der Waals surface area contributed by atoms with Crippen molar-refractivity contribution < 1.29 is 0 Å². The quantitative estimate of drug-likeness (QED) is 0.742.